The number of sulfonamides is 1. The Bertz CT molecular complexity index is 914. The van der Waals surface area contributed by atoms with Gasteiger partial charge in [0.15, 0.2) is 0 Å². The highest BCUT2D eigenvalue weighted by Crippen LogP contribution is 2.07. The Balaban J connectivity index is 1.88. The van der Waals surface area contributed by atoms with Crippen LogP contribution < -0.4 is 4.72 Å². The first-order valence-corrected chi connectivity index (χ1v) is 9.35. The summed E-state index contributed by atoms with van der Waals surface area (Å²) in [5, 5.41) is 9.74. The summed E-state index contributed by atoms with van der Waals surface area (Å²) in [5.74, 6) is -0.689. The molecule has 0 amide bonds. The lowest BCUT2D eigenvalue weighted by Crippen LogP contribution is -2.38. The Morgan fingerprint density at radius 2 is 1.85 bits per heavy atom. The lowest BCUT2D eigenvalue weighted by Gasteiger charge is -2.12. The van der Waals surface area contributed by atoms with Crippen molar-refractivity contribution >= 4 is 22.1 Å². The average Bonchev–Trinajstić information content (AvgIpc) is 2.65. The van der Waals surface area contributed by atoms with Crippen LogP contribution in [0.25, 0.3) is 6.08 Å². The highest BCUT2D eigenvalue weighted by atomic mass is 32.2. The second kappa shape index (κ2) is 8.94. The molecule has 0 aliphatic heterocycles. The summed E-state index contributed by atoms with van der Waals surface area (Å²) in [4.78, 5) is 12.0. The minimum absolute atomic E-state index is 0.00351. The first-order valence-electron chi connectivity index (χ1n) is 7.81. The molecular formula is C19H18N2O4S. The van der Waals surface area contributed by atoms with E-state index in [1.54, 1.807) is 48.5 Å². The molecule has 6 nitrogen and oxygen atoms in total. The third kappa shape index (κ3) is 6.16. The van der Waals surface area contributed by atoms with Crippen molar-refractivity contribution in [2.24, 2.45) is 0 Å². The maximum Gasteiger partial charge on any atom is 0.324 e. The van der Waals surface area contributed by atoms with E-state index in [9.17, 15) is 13.2 Å². The van der Waals surface area contributed by atoms with E-state index in [1.807, 2.05) is 12.1 Å². The second-order valence-corrected chi connectivity index (χ2v) is 7.11. The van der Waals surface area contributed by atoms with Gasteiger partial charge in [-0.2, -0.15) is 9.98 Å². The number of nitrogens with zero attached hydrogens (tertiary/aromatic N) is 1. The van der Waals surface area contributed by atoms with Crippen molar-refractivity contribution in [1.29, 1.82) is 5.26 Å². The molecule has 1 N–H and O–H groups in total. The summed E-state index contributed by atoms with van der Waals surface area (Å²) in [6.45, 7) is 1.41. The highest BCUT2D eigenvalue weighted by Gasteiger charge is 2.19. The molecule has 0 saturated carbocycles. The Morgan fingerprint density at radius 1 is 1.19 bits per heavy atom. The lowest BCUT2D eigenvalue weighted by molar-refractivity contribution is -0.146. The first-order chi connectivity index (χ1) is 12.4. The molecule has 134 valence electrons. The summed E-state index contributed by atoms with van der Waals surface area (Å²) >= 11 is 0. The molecule has 0 radical (unpaired) electrons. The molecule has 2 aromatic carbocycles. The number of nitriles is 1. The maximum atomic E-state index is 12.0. The monoisotopic (exact) mass is 370 g/mol. The van der Waals surface area contributed by atoms with Gasteiger partial charge in [0.1, 0.15) is 12.6 Å². The van der Waals surface area contributed by atoms with Crippen molar-refractivity contribution in [3.05, 3.63) is 76.7 Å². The molecule has 0 fully saturated rings. The quantitative estimate of drug-likeness (QED) is 0.756. The van der Waals surface area contributed by atoms with Crippen LogP contribution in [0.3, 0.4) is 0 Å². The Morgan fingerprint density at radius 3 is 2.46 bits per heavy atom. The predicted octanol–water partition coefficient (Wildman–Crippen LogP) is 2.58. The number of rotatable bonds is 7. The number of carbonyl (C=O) groups excluding carboxylic acids is 1. The zero-order valence-electron chi connectivity index (χ0n) is 14.1. The van der Waals surface area contributed by atoms with Crippen molar-refractivity contribution in [2.75, 3.05) is 0 Å². The molecule has 0 aliphatic rings. The Hall–Kier alpha value is -2.95. The Kier molecular flexibility index (Phi) is 6.67. The van der Waals surface area contributed by atoms with E-state index < -0.39 is 22.0 Å². The number of hydrogen-bond donors (Lipinski definition) is 1. The summed E-state index contributed by atoms with van der Waals surface area (Å²) < 4.78 is 31.4. The number of hydrogen-bond acceptors (Lipinski definition) is 5. The van der Waals surface area contributed by atoms with Crippen molar-refractivity contribution in [3.8, 4) is 6.07 Å². The molecule has 26 heavy (non-hydrogen) atoms. The smallest absolute Gasteiger partial charge is 0.324 e. The molecule has 0 heterocycles. The molecule has 0 spiro atoms. The van der Waals surface area contributed by atoms with Crippen LogP contribution in [0.2, 0.25) is 0 Å². The van der Waals surface area contributed by atoms with Gasteiger partial charge in [-0.05, 0) is 36.3 Å². The van der Waals surface area contributed by atoms with E-state index in [-0.39, 0.29) is 6.61 Å². The average molecular weight is 370 g/mol. The molecule has 2 rings (SSSR count). The highest BCUT2D eigenvalue weighted by molar-refractivity contribution is 7.92. The molecule has 0 unspecified atom stereocenters. The minimum Gasteiger partial charge on any atom is -0.460 e. The fourth-order valence-corrected chi connectivity index (χ4v) is 3.02. The van der Waals surface area contributed by atoms with Crippen molar-refractivity contribution in [3.63, 3.8) is 0 Å². The van der Waals surface area contributed by atoms with E-state index in [1.165, 1.54) is 13.0 Å². The van der Waals surface area contributed by atoms with Gasteiger partial charge in [-0.1, -0.05) is 42.5 Å². The summed E-state index contributed by atoms with van der Waals surface area (Å²) in [6.07, 6.45) is 1.44. The van der Waals surface area contributed by atoms with Crippen LogP contribution in [0, 0.1) is 11.3 Å². The fourth-order valence-electron chi connectivity index (χ4n) is 2.02. The number of benzene rings is 2. The van der Waals surface area contributed by atoms with Crippen LogP contribution in [0.5, 0.6) is 0 Å². The third-order valence-corrected chi connectivity index (χ3v) is 4.57. The number of carbonyl (C=O) groups is 1. The molecule has 0 saturated heterocycles. The van der Waals surface area contributed by atoms with E-state index in [0.717, 1.165) is 11.0 Å². The van der Waals surface area contributed by atoms with Gasteiger partial charge in [-0.3, -0.25) is 4.79 Å². The summed E-state index contributed by atoms with van der Waals surface area (Å²) in [6, 6.07) is 16.5. The van der Waals surface area contributed by atoms with Crippen molar-refractivity contribution in [2.45, 2.75) is 19.6 Å². The maximum absolute atomic E-state index is 12.0. The summed E-state index contributed by atoms with van der Waals surface area (Å²) in [7, 11) is -3.78. The zero-order chi connectivity index (χ0) is 19.0. The standard InChI is InChI=1S/C19H18N2O4S/c1-15(19(22)25-14-18-9-7-17(13-20)8-10-18)21-26(23,24)12-11-16-5-3-2-4-6-16/h2-12,15,21H,14H2,1H3/b12-11+/t15-/m0/s1. The van der Waals surface area contributed by atoms with Crippen molar-refractivity contribution < 1.29 is 17.9 Å². The van der Waals surface area contributed by atoms with E-state index >= 15 is 0 Å². The fraction of sp³-hybridized carbons (Fsp3) is 0.158. The van der Waals surface area contributed by atoms with Gasteiger partial charge in [0.25, 0.3) is 0 Å². The van der Waals surface area contributed by atoms with E-state index in [2.05, 4.69) is 4.72 Å². The van der Waals surface area contributed by atoms with Crippen LogP contribution in [0.1, 0.15) is 23.6 Å². The molecule has 0 aliphatic carbocycles. The molecule has 7 heteroatoms. The van der Waals surface area contributed by atoms with Gasteiger partial charge in [-0.25, -0.2) is 8.42 Å². The molecule has 0 aromatic heterocycles. The van der Waals surface area contributed by atoms with Gasteiger partial charge in [-0.15, -0.1) is 0 Å². The van der Waals surface area contributed by atoms with Crippen LogP contribution in [-0.2, 0) is 26.2 Å². The van der Waals surface area contributed by atoms with Crippen LogP contribution in [0.4, 0.5) is 0 Å². The number of nitrogens with one attached hydrogen (secondary N) is 1. The lowest BCUT2D eigenvalue weighted by atomic mass is 10.2. The second-order valence-electron chi connectivity index (χ2n) is 5.51. The molecular weight excluding hydrogens is 352 g/mol. The van der Waals surface area contributed by atoms with Gasteiger partial charge >= 0.3 is 5.97 Å². The summed E-state index contributed by atoms with van der Waals surface area (Å²) in [5.41, 5.74) is 1.94. The normalized spacial score (nSPS) is 12.5. The van der Waals surface area contributed by atoms with Crippen molar-refractivity contribution in [1.82, 2.24) is 4.72 Å². The Labute approximate surface area is 152 Å². The van der Waals surface area contributed by atoms with Gasteiger partial charge in [0.05, 0.1) is 11.6 Å². The van der Waals surface area contributed by atoms with Gasteiger partial charge in [0, 0.05) is 5.41 Å². The van der Waals surface area contributed by atoms with Crippen LogP contribution >= 0.6 is 0 Å². The van der Waals surface area contributed by atoms with E-state index in [4.69, 9.17) is 10.00 Å². The minimum atomic E-state index is -3.78. The van der Waals surface area contributed by atoms with Crippen LogP contribution in [0.15, 0.2) is 60.0 Å². The zero-order valence-corrected chi connectivity index (χ0v) is 14.9. The molecule has 2 aromatic rings. The van der Waals surface area contributed by atoms with Gasteiger partial charge in [0.2, 0.25) is 10.0 Å². The SMILES string of the molecule is C[C@H](NS(=O)(=O)/C=C/c1ccccc1)C(=O)OCc1ccc(C#N)cc1. The van der Waals surface area contributed by atoms with Gasteiger partial charge < -0.3 is 4.74 Å². The largest absolute Gasteiger partial charge is 0.460 e. The third-order valence-electron chi connectivity index (χ3n) is 3.40. The van der Waals surface area contributed by atoms with Crippen LogP contribution in [-0.4, -0.2) is 20.4 Å². The molecule has 0 bridgehead atoms. The van der Waals surface area contributed by atoms with E-state index in [0.29, 0.717) is 11.1 Å². The topological polar surface area (TPSA) is 96.3 Å². The first kappa shape index (κ1) is 19.4. The predicted molar refractivity (Wildman–Crippen MR) is 97.9 cm³/mol. The number of ether oxygens (including phenoxy) is 1. The number of esters is 1. The molecule has 1 atom stereocenters.